The van der Waals surface area contributed by atoms with E-state index in [4.69, 9.17) is 4.74 Å². The highest BCUT2D eigenvalue weighted by molar-refractivity contribution is 5.96. The molecule has 0 saturated carbocycles. The minimum absolute atomic E-state index is 0.103. The Morgan fingerprint density at radius 1 is 1.12 bits per heavy atom. The van der Waals surface area contributed by atoms with Crippen LogP contribution in [0, 0.1) is 13.8 Å². The second-order valence-corrected chi connectivity index (χ2v) is 4.19. The minimum atomic E-state index is -0.443. The first-order chi connectivity index (χ1) is 8.01. The van der Waals surface area contributed by atoms with E-state index >= 15 is 0 Å². The number of carbonyl (C=O) groups is 2. The molecule has 3 heteroatoms. The van der Waals surface area contributed by atoms with Gasteiger partial charge < -0.3 is 4.74 Å². The van der Waals surface area contributed by atoms with E-state index in [1.54, 1.807) is 6.92 Å². The molecule has 0 saturated heterocycles. The first-order valence-corrected chi connectivity index (χ1v) is 5.75. The standard InChI is InChI=1S/C14H18O3/c1-4-17-14(16)9-13(15)8-12-6-10(2)5-11(3)7-12/h5-7H,4,8-9H2,1-3H3. The summed E-state index contributed by atoms with van der Waals surface area (Å²) in [6.07, 6.45) is 0.155. The number of Topliss-reactive ketones (excluding diaryl/α,β-unsaturated/α-hetero) is 1. The van der Waals surface area contributed by atoms with Gasteiger partial charge in [0.05, 0.1) is 6.61 Å². The summed E-state index contributed by atoms with van der Waals surface area (Å²) in [5, 5.41) is 0. The molecule has 0 radical (unpaired) electrons. The topological polar surface area (TPSA) is 43.4 Å². The molecule has 0 amide bonds. The number of hydrogen-bond donors (Lipinski definition) is 0. The van der Waals surface area contributed by atoms with E-state index in [0.717, 1.165) is 16.7 Å². The molecule has 17 heavy (non-hydrogen) atoms. The number of ketones is 1. The number of esters is 1. The molecule has 1 aromatic carbocycles. The maximum atomic E-state index is 11.6. The van der Waals surface area contributed by atoms with Crippen LogP contribution in [-0.2, 0) is 20.7 Å². The summed E-state index contributed by atoms with van der Waals surface area (Å²) in [4.78, 5) is 22.8. The summed E-state index contributed by atoms with van der Waals surface area (Å²) in [5.74, 6) is -0.546. The number of benzene rings is 1. The Bertz CT molecular complexity index is 401. The van der Waals surface area contributed by atoms with Crippen LogP contribution in [0.3, 0.4) is 0 Å². The summed E-state index contributed by atoms with van der Waals surface area (Å²) in [6, 6.07) is 5.99. The number of ether oxygens (including phenoxy) is 1. The zero-order valence-corrected chi connectivity index (χ0v) is 10.6. The predicted octanol–water partition coefficient (Wildman–Crippen LogP) is 2.37. The molecule has 0 heterocycles. The largest absolute Gasteiger partial charge is 0.466 e. The van der Waals surface area contributed by atoms with Crippen LogP contribution >= 0.6 is 0 Å². The molecule has 0 spiro atoms. The van der Waals surface area contributed by atoms with Crippen molar-refractivity contribution in [2.45, 2.75) is 33.6 Å². The molecular weight excluding hydrogens is 216 g/mol. The van der Waals surface area contributed by atoms with Gasteiger partial charge in [0, 0.05) is 6.42 Å². The first-order valence-electron chi connectivity index (χ1n) is 5.75. The zero-order chi connectivity index (χ0) is 12.8. The van der Waals surface area contributed by atoms with Crippen LogP contribution in [-0.4, -0.2) is 18.4 Å². The third-order valence-electron chi connectivity index (χ3n) is 2.33. The second-order valence-electron chi connectivity index (χ2n) is 4.19. The van der Waals surface area contributed by atoms with E-state index in [9.17, 15) is 9.59 Å². The van der Waals surface area contributed by atoms with Gasteiger partial charge in [-0.15, -0.1) is 0 Å². The Labute approximate surface area is 102 Å². The van der Waals surface area contributed by atoms with Gasteiger partial charge in [-0.2, -0.15) is 0 Å². The smallest absolute Gasteiger partial charge is 0.313 e. The highest BCUT2D eigenvalue weighted by Gasteiger charge is 2.11. The van der Waals surface area contributed by atoms with Crippen LogP contribution in [0.4, 0.5) is 0 Å². The summed E-state index contributed by atoms with van der Waals surface area (Å²) in [5.41, 5.74) is 3.21. The average molecular weight is 234 g/mol. The van der Waals surface area contributed by atoms with E-state index in [-0.39, 0.29) is 12.2 Å². The van der Waals surface area contributed by atoms with Crippen LogP contribution in [0.1, 0.15) is 30.0 Å². The monoisotopic (exact) mass is 234 g/mol. The van der Waals surface area contributed by atoms with Crippen molar-refractivity contribution in [3.05, 3.63) is 34.9 Å². The molecule has 0 aliphatic carbocycles. The van der Waals surface area contributed by atoms with Gasteiger partial charge in [0.15, 0.2) is 0 Å². The van der Waals surface area contributed by atoms with Crippen molar-refractivity contribution in [1.82, 2.24) is 0 Å². The molecule has 0 aliphatic heterocycles. The van der Waals surface area contributed by atoms with Gasteiger partial charge in [-0.3, -0.25) is 9.59 Å². The highest BCUT2D eigenvalue weighted by atomic mass is 16.5. The lowest BCUT2D eigenvalue weighted by atomic mass is 10.0. The predicted molar refractivity (Wildman–Crippen MR) is 65.9 cm³/mol. The maximum Gasteiger partial charge on any atom is 0.313 e. The quantitative estimate of drug-likeness (QED) is 0.580. The molecule has 0 bridgehead atoms. The zero-order valence-electron chi connectivity index (χ0n) is 10.6. The van der Waals surface area contributed by atoms with Crippen LogP contribution in [0.2, 0.25) is 0 Å². The minimum Gasteiger partial charge on any atom is -0.466 e. The van der Waals surface area contributed by atoms with Crippen molar-refractivity contribution in [2.75, 3.05) is 6.61 Å². The van der Waals surface area contributed by atoms with E-state index in [0.29, 0.717) is 13.0 Å². The van der Waals surface area contributed by atoms with Gasteiger partial charge in [0.2, 0.25) is 0 Å². The van der Waals surface area contributed by atoms with E-state index in [2.05, 4.69) is 6.07 Å². The molecule has 0 aromatic heterocycles. The SMILES string of the molecule is CCOC(=O)CC(=O)Cc1cc(C)cc(C)c1. The fourth-order valence-corrected chi connectivity index (χ4v) is 1.83. The van der Waals surface area contributed by atoms with Gasteiger partial charge in [-0.25, -0.2) is 0 Å². The Morgan fingerprint density at radius 2 is 1.71 bits per heavy atom. The number of carbonyl (C=O) groups excluding carboxylic acids is 2. The molecule has 3 nitrogen and oxygen atoms in total. The summed E-state index contributed by atoms with van der Waals surface area (Å²) >= 11 is 0. The Morgan fingerprint density at radius 3 is 2.24 bits per heavy atom. The van der Waals surface area contributed by atoms with E-state index in [1.165, 1.54) is 0 Å². The molecule has 0 unspecified atom stereocenters. The van der Waals surface area contributed by atoms with Crippen molar-refractivity contribution in [2.24, 2.45) is 0 Å². The molecule has 0 fully saturated rings. The van der Waals surface area contributed by atoms with Crippen molar-refractivity contribution in [3.63, 3.8) is 0 Å². The van der Waals surface area contributed by atoms with E-state index in [1.807, 2.05) is 26.0 Å². The van der Waals surface area contributed by atoms with Gasteiger partial charge in [-0.1, -0.05) is 29.3 Å². The Kier molecular flexibility index (Phi) is 4.88. The van der Waals surface area contributed by atoms with Crippen LogP contribution in [0.5, 0.6) is 0 Å². The normalized spacial score (nSPS) is 10.1. The molecule has 0 N–H and O–H groups in total. The summed E-state index contributed by atoms with van der Waals surface area (Å²) in [7, 11) is 0. The van der Waals surface area contributed by atoms with Gasteiger partial charge >= 0.3 is 5.97 Å². The van der Waals surface area contributed by atoms with Gasteiger partial charge in [0.25, 0.3) is 0 Å². The fraction of sp³-hybridized carbons (Fsp3) is 0.429. The lowest BCUT2D eigenvalue weighted by molar-refractivity contribution is -0.145. The average Bonchev–Trinajstić information content (AvgIpc) is 2.14. The lowest BCUT2D eigenvalue weighted by Crippen LogP contribution is -2.13. The molecule has 1 rings (SSSR count). The number of hydrogen-bond acceptors (Lipinski definition) is 3. The molecule has 92 valence electrons. The third-order valence-corrected chi connectivity index (χ3v) is 2.33. The Hall–Kier alpha value is -1.64. The molecular formula is C14H18O3. The Balaban J connectivity index is 2.59. The number of rotatable bonds is 5. The maximum absolute atomic E-state index is 11.6. The van der Waals surface area contributed by atoms with Crippen LogP contribution < -0.4 is 0 Å². The first kappa shape index (κ1) is 13.4. The molecule has 0 atom stereocenters. The fourth-order valence-electron chi connectivity index (χ4n) is 1.83. The van der Waals surface area contributed by atoms with Crippen molar-refractivity contribution in [3.8, 4) is 0 Å². The van der Waals surface area contributed by atoms with Crippen LogP contribution in [0.15, 0.2) is 18.2 Å². The summed E-state index contributed by atoms with van der Waals surface area (Å²) < 4.78 is 4.74. The third kappa shape index (κ3) is 4.81. The van der Waals surface area contributed by atoms with Crippen LogP contribution in [0.25, 0.3) is 0 Å². The van der Waals surface area contributed by atoms with Gasteiger partial charge in [0.1, 0.15) is 12.2 Å². The van der Waals surface area contributed by atoms with Gasteiger partial charge in [-0.05, 0) is 26.3 Å². The van der Waals surface area contributed by atoms with E-state index < -0.39 is 5.97 Å². The van der Waals surface area contributed by atoms with Crippen molar-refractivity contribution >= 4 is 11.8 Å². The van der Waals surface area contributed by atoms with Crippen molar-refractivity contribution < 1.29 is 14.3 Å². The molecule has 1 aromatic rings. The summed E-state index contributed by atoms with van der Waals surface area (Å²) in [6.45, 7) is 6.03. The number of aryl methyl sites for hydroxylation is 2. The highest BCUT2D eigenvalue weighted by Crippen LogP contribution is 2.10. The molecule has 0 aliphatic rings. The van der Waals surface area contributed by atoms with Crippen molar-refractivity contribution in [1.29, 1.82) is 0 Å². The lowest BCUT2D eigenvalue weighted by Gasteiger charge is -2.04. The second kappa shape index (κ2) is 6.18.